The number of carbonyl (C=O) groups is 3. The van der Waals surface area contributed by atoms with Gasteiger partial charge in [0.15, 0.2) is 17.3 Å². The molecule has 2 amide bonds. The van der Waals surface area contributed by atoms with E-state index in [4.69, 9.17) is 26.2 Å². The number of alkyl halides is 3. The van der Waals surface area contributed by atoms with Crippen molar-refractivity contribution in [1.82, 2.24) is 39.5 Å². The Bertz CT molecular complexity index is 2250. The molecule has 0 atom stereocenters. The van der Waals surface area contributed by atoms with Gasteiger partial charge in [0, 0.05) is 75.4 Å². The molecule has 16 nitrogen and oxygen atoms in total. The van der Waals surface area contributed by atoms with Crippen LogP contribution in [0.1, 0.15) is 76.5 Å². The number of benzene rings is 1. The van der Waals surface area contributed by atoms with E-state index in [0.717, 1.165) is 21.8 Å². The summed E-state index contributed by atoms with van der Waals surface area (Å²) in [5, 5.41) is 7.27. The lowest BCUT2D eigenvalue weighted by atomic mass is 9.75. The van der Waals surface area contributed by atoms with E-state index < -0.39 is 34.5 Å². The molecule has 0 spiro atoms. The zero-order valence-corrected chi connectivity index (χ0v) is 32.3. The Morgan fingerprint density at radius 1 is 1.02 bits per heavy atom. The van der Waals surface area contributed by atoms with E-state index in [-0.39, 0.29) is 54.2 Å². The number of fused-ring (bicyclic) bond motifs is 2. The number of anilines is 3. The molecule has 0 radical (unpaired) electrons. The van der Waals surface area contributed by atoms with Gasteiger partial charge in [0.2, 0.25) is 11.9 Å². The van der Waals surface area contributed by atoms with Crippen LogP contribution in [0.15, 0.2) is 30.6 Å². The van der Waals surface area contributed by atoms with Crippen molar-refractivity contribution in [1.29, 1.82) is 0 Å². The molecule has 0 unspecified atom stereocenters. The molecule has 5 N–H and O–H groups in total. The van der Waals surface area contributed by atoms with Crippen molar-refractivity contribution < 1.29 is 32.3 Å². The zero-order valence-electron chi connectivity index (χ0n) is 32.3. The molecular weight excluding hydrogens is 758 g/mol. The number of piperidine rings is 1. The smallest absolute Gasteiger partial charge is 0.381 e. The largest absolute Gasteiger partial charge is 0.435 e. The summed E-state index contributed by atoms with van der Waals surface area (Å²) in [6.45, 7) is 8.51. The van der Waals surface area contributed by atoms with Gasteiger partial charge in [-0.05, 0) is 49.3 Å². The van der Waals surface area contributed by atoms with Gasteiger partial charge < -0.3 is 31.3 Å². The Hall–Kier alpha value is -5.69. The number of morpholine rings is 1. The van der Waals surface area contributed by atoms with Crippen LogP contribution < -0.4 is 21.7 Å². The highest BCUT2D eigenvalue weighted by Gasteiger charge is 2.45. The number of amides is 2. The van der Waals surface area contributed by atoms with Crippen molar-refractivity contribution >= 4 is 35.1 Å². The second-order valence-electron chi connectivity index (χ2n) is 16.1. The van der Waals surface area contributed by atoms with E-state index in [9.17, 15) is 27.6 Å². The summed E-state index contributed by atoms with van der Waals surface area (Å²) < 4.78 is 49.1. The summed E-state index contributed by atoms with van der Waals surface area (Å²) in [5.74, 6) is 0.173. The summed E-state index contributed by atoms with van der Waals surface area (Å²) >= 11 is 0. The summed E-state index contributed by atoms with van der Waals surface area (Å²) in [6, 6.07) is 4.31. The van der Waals surface area contributed by atoms with Gasteiger partial charge in [-0.1, -0.05) is 13.8 Å². The number of Topliss-reactive ketones (excluding diaryl/α,β-unsaturated/α-hetero) is 1. The fourth-order valence-corrected chi connectivity index (χ4v) is 8.36. The highest BCUT2D eigenvalue weighted by Crippen LogP contribution is 2.42. The number of carbonyl (C=O) groups excluding carboxylic acids is 3. The number of hydrogen-bond donors (Lipinski definition) is 3. The monoisotopic (exact) mass is 802 g/mol. The average molecular weight is 803 g/mol. The molecule has 3 aromatic heterocycles. The summed E-state index contributed by atoms with van der Waals surface area (Å²) in [6.07, 6.45) is 0.335. The second-order valence-corrected chi connectivity index (χ2v) is 16.1. The first kappa shape index (κ1) is 39.2. The van der Waals surface area contributed by atoms with E-state index in [1.165, 1.54) is 12.1 Å². The summed E-state index contributed by atoms with van der Waals surface area (Å²) in [4.78, 5) is 63.4. The van der Waals surface area contributed by atoms with Gasteiger partial charge in [0.25, 0.3) is 5.91 Å². The van der Waals surface area contributed by atoms with Crippen LogP contribution in [0.4, 0.5) is 30.6 Å². The molecule has 4 aromatic rings. The third-order valence-electron chi connectivity index (χ3n) is 11.3. The lowest BCUT2D eigenvalue weighted by molar-refractivity contribution is -0.141. The molecule has 4 aliphatic rings. The number of nitrogens with two attached hydrogens (primary N) is 2. The fraction of sp³-hybridized carbons (Fsp3) is 0.487. The Balaban J connectivity index is 0.952. The van der Waals surface area contributed by atoms with Crippen LogP contribution in [0.2, 0.25) is 0 Å². The predicted octanol–water partition coefficient (Wildman–Crippen LogP) is 3.27. The molecule has 58 heavy (non-hydrogen) atoms. The maximum Gasteiger partial charge on any atom is 0.435 e. The maximum atomic E-state index is 14.1. The summed E-state index contributed by atoms with van der Waals surface area (Å²) in [5.41, 5.74) is 12.7. The minimum absolute atomic E-state index is 0.0160. The number of likely N-dealkylation sites (tertiary alicyclic amines) is 1. The molecule has 1 aromatic carbocycles. The summed E-state index contributed by atoms with van der Waals surface area (Å²) in [7, 11) is 0. The van der Waals surface area contributed by atoms with Crippen LogP contribution in [0.25, 0.3) is 17.1 Å². The van der Waals surface area contributed by atoms with Gasteiger partial charge in [-0.2, -0.15) is 18.3 Å². The second kappa shape index (κ2) is 15.2. The van der Waals surface area contributed by atoms with Gasteiger partial charge in [-0.15, -0.1) is 0 Å². The van der Waals surface area contributed by atoms with Gasteiger partial charge in [0.1, 0.15) is 5.82 Å². The number of nitrogen functional groups attached to an aromatic ring is 1. The van der Waals surface area contributed by atoms with Gasteiger partial charge >= 0.3 is 6.18 Å². The lowest BCUT2D eigenvalue weighted by Crippen LogP contribution is -2.47. The van der Waals surface area contributed by atoms with Crippen molar-refractivity contribution in [3.8, 4) is 17.1 Å². The van der Waals surface area contributed by atoms with Crippen molar-refractivity contribution in [2.24, 2.45) is 11.1 Å². The number of rotatable bonds is 8. The third-order valence-corrected chi connectivity index (χ3v) is 11.3. The van der Waals surface area contributed by atoms with Crippen LogP contribution in [-0.4, -0.2) is 116 Å². The number of nitrogens with one attached hydrogen (secondary N) is 1. The number of ether oxygens (including phenoxy) is 1. The van der Waals surface area contributed by atoms with Crippen molar-refractivity contribution in [2.45, 2.75) is 64.7 Å². The Morgan fingerprint density at radius 2 is 1.74 bits per heavy atom. The fourth-order valence-electron chi connectivity index (χ4n) is 8.36. The molecule has 19 heteroatoms. The van der Waals surface area contributed by atoms with E-state index in [0.29, 0.717) is 88.8 Å². The third kappa shape index (κ3) is 7.92. The van der Waals surface area contributed by atoms with Crippen molar-refractivity contribution in [3.05, 3.63) is 64.4 Å². The number of primary amides is 1. The van der Waals surface area contributed by atoms with Crippen LogP contribution in [0.5, 0.6) is 0 Å². The minimum atomic E-state index is -4.83. The van der Waals surface area contributed by atoms with Crippen molar-refractivity contribution in [2.75, 3.05) is 68.4 Å². The van der Waals surface area contributed by atoms with E-state index in [1.807, 2.05) is 18.7 Å². The molecule has 0 saturated carbocycles. The Morgan fingerprint density at radius 3 is 2.43 bits per heavy atom. The molecule has 1 aliphatic carbocycles. The Kier molecular flexibility index (Phi) is 10.3. The van der Waals surface area contributed by atoms with Crippen LogP contribution in [0, 0.1) is 5.41 Å². The van der Waals surface area contributed by atoms with Crippen LogP contribution >= 0.6 is 0 Å². The number of aromatic nitrogens is 6. The van der Waals surface area contributed by atoms with Crippen LogP contribution in [0.3, 0.4) is 0 Å². The zero-order chi connectivity index (χ0) is 40.9. The SMILES string of the molecule is CC1(C)CC(=O)c2c(C(F)(F)F)nn(-c3ccc(C(N)=O)c(NC4CCN(C(=O)CN5CCc6c(nc(-c7cnc(N)nc7)nc6N6CCOCC6)C5)CC4)c3)c2C1. The molecule has 8 rings (SSSR count). The average Bonchev–Trinajstić information content (AvgIpc) is 3.58. The van der Waals surface area contributed by atoms with Crippen molar-refractivity contribution in [3.63, 3.8) is 0 Å². The normalized spacial score (nSPS) is 18.8. The first-order valence-electron chi connectivity index (χ1n) is 19.4. The molecule has 6 heterocycles. The van der Waals surface area contributed by atoms with E-state index >= 15 is 0 Å². The van der Waals surface area contributed by atoms with Gasteiger partial charge in [-0.25, -0.2) is 24.6 Å². The van der Waals surface area contributed by atoms with Gasteiger partial charge in [0.05, 0.1) is 53.5 Å². The molecule has 2 fully saturated rings. The standard InChI is InChI=1S/C39H45F3N12O4/c1-38(2)16-29-32(30(55)17-38)33(39(40,41)42)50-54(29)24-3-4-25(34(43)57)27(15-24)47-23-5-9-52(10-6-23)31(56)21-51-8-7-26-28(20-51)48-35(22-18-45-37(44)46-19-22)49-36(26)53-11-13-58-14-12-53/h3-4,15,18-19,23,47H,5-14,16-17,20-21H2,1-2H3,(H2,43,57)(H2,44,45,46). The van der Waals surface area contributed by atoms with Gasteiger partial charge in [-0.3, -0.25) is 19.3 Å². The molecule has 306 valence electrons. The quantitative estimate of drug-likeness (QED) is 0.235. The van der Waals surface area contributed by atoms with E-state index in [1.54, 1.807) is 18.5 Å². The Labute approximate surface area is 332 Å². The van der Waals surface area contributed by atoms with Crippen LogP contribution in [-0.2, 0) is 35.1 Å². The topological polar surface area (TPSA) is 204 Å². The molecule has 3 aliphatic heterocycles. The highest BCUT2D eigenvalue weighted by molar-refractivity contribution is 6.01. The predicted molar refractivity (Wildman–Crippen MR) is 206 cm³/mol. The number of halogens is 3. The first-order valence-corrected chi connectivity index (χ1v) is 19.4. The number of ketones is 1. The first-order chi connectivity index (χ1) is 27.6. The molecular formula is C39H45F3N12O4. The minimum Gasteiger partial charge on any atom is -0.381 e. The van der Waals surface area contributed by atoms with E-state index in [2.05, 4.69) is 30.2 Å². The molecule has 2 saturated heterocycles. The maximum absolute atomic E-state index is 14.1. The highest BCUT2D eigenvalue weighted by atomic mass is 19.4. The number of hydrogen-bond acceptors (Lipinski definition) is 13. The lowest BCUT2D eigenvalue weighted by Gasteiger charge is -2.36. The molecule has 0 bridgehead atoms. The number of nitrogens with zero attached hydrogens (tertiary/aromatic N) is 9.